The van der Waals surface area contributed by atoms with E-state index in [0.717, 1.165) is 18.8 Å². The topological polar surface area (TPSA) is 47.0 Å². The van der Waals surface area contributed by atoms with Crippen molar-refractivity contribution in [2.45, 2.75) is 39.5 Å². The summed E-state index contributed by atoms with van der Waals surface area (Å²) in [7, 11) is 1.84. The number of ether oxygens (including phenoxy) is 1. The van der Waals surface area contributed by atoms with Gasteiger partial charge in [0.2, 0.25) is 5.88 Å². The van der Waals surface area contributed by atoms with Gasteiger partial charge in [-0.1, -0.05) is 33.1 Å². The Bertz CT molecular complexity index is 317. The molecule has 1 aromatic rings. The highest BCUT2D eigenvalue weighted by atomic mass is 16.5. The normalized spacial score (nSPS) is 12.2. The minimum absolute atomic E-state index is 0.628. The summed E-state index contributed by atoms with van der Waals surface area (Å²) in [5.41, 5.74) is 0. The molecule has 0 aliphatic rings. The van der Waals surface area contributed by atoms with E-state index in [-0.39, 0.29) is 0 Å². The first-order valence-electron chi connectivity index (χ1n) is 6.42. The van der Waals surface area contributed by atoms with Crippen molar-refractivity contribution in [3.8, 4) is 5.88 Å². The zero-order valence-electron chi connectivity index (χ0n) is 11.1. The summed E-state index contributed by atoms with van der Waals surface area (Å²) in [6, 6.07) is 1.83. The molecule has 96 valence electrons. The average Bonchev–Trinajstić information content (AvgIpc) is 2.39. The minimum atomic E-state index is 0.628. The molecule has 0 amide bonds. The van der Waals surface area contributed by atoms with E-state index in [1.165, 1.54) is 25.6 Å². The molecule has 1 heterocycles. The maximum absolute atomic E-state index is 5.71. The Labute approximate surface area is 104 Å². The summed E-state index contributed by atoms with van der Waals surface area (Å²) in [6.45, 7) is 5.18. The SMILES string of the molecule is CCCCC(CC)COc1cc(NC)ncn1. The van der Waals surface area contributed by atoms with Gasteiger partial charge in [0.05, 0.1) is 6.61 Å². The van der Waals surface area contributed by atoms with Crippen molar-refractivity contribution < 1.29 is 4.74 Å². The fraction of sp³-hybridized carbons (Fsp3) is 0.692. The summed E-state index contributed by atoms with van der Waals surface area (Å²) < 4.78 is 5.71. The van der Waals surface area contributed by atoms with Crippen LogP contribution in [-0.4, -0.2) is 23.6 Å². The molecule has 0 bridgehead atoms. The highest BCUT2D eigenvalue weighted by Crippen LogP contribution is 2.16. The lowest BCUT2D eigenvalue weighted by Gasteiger charge is -2.15. The number of anilines is 1. The highest BCUT2D eigenvalue weighted by Gasteiger charge is 2.07. The highest BCUT2D eigenvalue weighted by molar-refractivity contribution is 5.35. The van der Waals surface area contributed by atoms with Crippen LogP contribution in [0.25, 0.3) is 0 Å². The third-order valence-electron chi connectivity index (χ3n) is 2.91. The molecule has 0 saturated carbocycles. The summed E-state index contributed by atoms with van der Waals surface area (Å²) in [6.07, 6.45) is 6.43. The van der Waals surface area contributed by atoms with Gasteiger partial charge in [0.1, 0.15) is 12.1 Å². The second kappa shape index (κ2) is 7.87. The predicted octanol–water partition coefficient (Wildman–Crippen LogP) is 3.11. The molecular formula is C13H23N3O. The van der Waals surface area contributed by atoms with E-state index in [0.29, 0.717) is 11.8 Å². The maximum atomic E-state index is 5.71. The molecule has 4 heteroatoms. The molecule has 1 unspecified atom stereocenters. The lowest BCUT2D eigenvalue weighted by atomic mass is 10.0. The molecule has 1 rings (SSSR count). The average molecular weight is 237 g/mol. The van der Waals surface area contributed by atoms with Gasteiger partial charge in [0.15, 0.2) is 0 Å². The van der Waals surface area contributed by atoms with E-state index in [9.17, 15) is 0 Å². The Balaban J connectivity index is 2.41. The summed E-state index contributed by atoms with van der Waals surface area (Å²) in [5, 5.41) is 2.97. The van der Waals surface area contributed by atoms with Crippen LogP contribution in [0.2, 0.25) is 0 Å². The Morgan fingerprint density at radius 2 is 2.18 bits per heavy atom. The van der Waals surface area contributed by atoms with E-state index >= 15 is 0 Å². The van der Waals surface area contributed by atoms with Gasteiger partial charge in [-0.25, -0.2) is 9.97 Å². The number of rotatable bonds is 8. The van der Waals surface area contributed by atoms with E-state index in [1.807, 2.05) is 13.1 Å². The van der Waals surface area contributed by atoms with E-state index in [1.54, 1.807) is 0 Å². The van der Waals surface area contributed by atoms with Gasteiger partial charge >= 0.3 is 0 Å². The van der Waals surface area contributed by atoms with Crippen LogP contribution in [0.4, 0.5) is 5.82 Å². The third kappa shape index (κ3) is 5.02. The van der Waals surface area contributed by atoms with Gasteiger partial charge in [-0.15, -0.1) is 0 Å². The second-order valence-electron chi connectivity index (χ2n) is 4.22. The van der Waals surface area contributed by atoms with Crippen molar-refractivity contribution >= 4 is 5.82 Å². The number of unbranched alkanes of at least 4 members (excludes halogenated alkanes) is 1. The van der Waals surface area contributed by atoms with Crippen molar-refractivity contribution in [2.75, 3.05) is 19.0 Å². The van der Waals surface area contributed by atoms with Gasteiger partial charge in [-0.2, -0.15) is 0 Å². The van der Waals surface area contributed by atoms with Crippen LogP contribution >= 0.6 is 0 Å². The predicted molar refractivity (Wildman–Crippen MR) is 70.4 cm³/mol. The van der Waals surface area contributed by atoms with Crippen molar-refractivity contribution in [3.05, 3.63) is 12.4 Å². The fourth-order valence-electron chi connectivity index (χ4n) is 1.66. The summed E-state index contributed by atoms with van der Waals surface area (Å²) in [5.74, 6) is 2.07. The number of nitrogens with one attached hydrogen (secondary N) is 1. The smallest absolute Gasteiger partial charge is 0.218 e. The molecule has 0 aliphatic carbocycles. The van der Waals surface area contributed by atoms with Gasteiger partial charge < -0.3 is 10.1 Å². The van der Waals surface area contributed by atoms with Gasteiger partial charge in [-0.05, 0) is 12.3 Å². The third-order valence-corrected chi connectivity index (χ3v) is 2.91. The molecule has 1 aromatic heterocycles. The van der Waals surface area contributed by atoms with E-state index in [2.05, 4.69) is 29.1 Å². The molecule has 1 atom stereocenters. The first-order chi connectivity index (χ1) is 8.30. The molecule has 17 heavy (non-hydrogen) atoms. The summed E-state index contributed by atoms with van der Waals surface area (Å²) in [4.78, 5) is 8.15. The van der Waals surface area contributed by atoms with Crippen LogP contribution < -0.4 is 10.1 Å². The van der Waals surface area contributed by atoms with Crippen molar-refractivity contribution in [2.24, 2.45) is 5.92 Å². The minimum Gasteiger partial charge on any atom is -0.477 e. The van der Waals surface area contributed by atoms with E-state index in [4.69, 9.17) is 4.74 Å². The molecule has 0 saturated heterocycles. The molecule has 4 nitrogen and oxygen atoms in total. The van der Waals surface area contributed by atoms with Gasteiger partial charge in [0, 0.05) is 13.1 Å². The van der Waals surface area contributed by atoms with Crippen molar-refractivity contribution in [1.82, 2.24) is 9.97 Å². The van der Waals surface area contributed by atoms with Crippen LogP contribution in [0.5, 0.6) is 5.88 Å². The quantitative estimate of drug-likeness (QED) is 0.754. The molecule has 0 aliphatic heterocycles. The monoisotopic (exact) mass is 237 g/mol. The lowest BCUT2D eigenvalue weighted by Crippen LogP contribution is -2.12. The van der Waals surface area contributed by atoms with Crippen LogP contribution in [0.1, 0.15) is 39.5 Å². The Morgan fingerprint density at radius 3 is 2.82 bits per heavy atom. The van der Waals surface area contributed by atoms with Gasteiger partial charge in [-0.3, -0.25) is 0 Å². The van der Waals surface area contributed by atoms with E-state index < -0.39 is 0 Å². The first-order valence-corrected chi connectivity index (χ1v) is 6.42. The molecule has 1 N–H and O–H groups in total. The van der Waals surface area contributed by atoms with Crippen molar-refractivity contribution in [1.29, 1.82) is 0 Å². The number of hydrogen-bond acceptors (Lipinski definition) is 4. The van der Waals surface area contributed by atoms with Gasteiger partial charge in [0.25, 0.3) is 0 Å². The zero-order chi connectivity index (χ0) is 12.5. The molecule has 0 aromatic carbocycles. The Kier molecular flexibility index (Phi) is 6.37. The molecule has 0 radical (unpaired) electrons. The molecular weight excluding hydrogens is 214 g/mol. The Morgan fingerprint density at radius 1 is 1.35 bits per heavy atom. The molecule has 0 spiro atoms. The fourth-order valence-corrected chi connectivity index (χ4v) is 1.66. The summed E-state index contributed by atoms with van der Waals surface area (Å²) >= 11 is 0. The first kappa shape index (κ1) is 13.7. The Hall–Kier alpha value is -1.32. The number of hydrogen-bond donors (Lipinski definition) is 1. The van der Waals surface area contributed by atoms with Crippen LogP contribution in [0.15, 0.2) is 12.4 Å². The standard InChI is InChI=1S/C13H23N3O/c1-4-6-7-11(5-2)9-17-13-8-12(14-3)15-10-16-13/h8,10-11H,4-7,9H2,1-3H3,(H,14,15,16). The van der Waals surface area contributed by atoms with Crippen LogP contribution in [-0.2, 0) is 0 Å². The molecule has 0 fully saturated rings. The largest absolute Gasteiger partial charge is 0.477 e. The number of nitrogens with zero attached hydrogens (tertiary/aromatic N) is 2. The maximum Gasteiger partial charge on any atom is 0.218 e. The zero-order valence-corrected chi connectivity index (χ0v) is 11.1. The number of aromatic nitrogens is 2. The lowest BCUT2D eigenvalue weighted by molar-refractivity contribution is 0.225. The van der Waals surface area contributed by atoms with Crippen LogP contribution in [0.3, 0.4) is 0 Å². The van der Waals surface area contributed by atoms with Crippen molar-refractivity contribution in [3.63, 3.8) is 0 Å². The second-order valence-corrected chi connectivity index (χ2v) is 4.22. The van der Waals surface area contributed by atoms with Crippen LogP contribution in [0, 0.1) is 5.92 Å².